The van der Waals surface area contributed by atoms with Crippen LogP contribution in [0.4, 0.5) is 5.69 Å². The van der Waals surface area contributed by atoms with Crippen molar-refractivity contribution in [3.05, 3.63) is 105 Å². The Morgan fingerprint density at radius 1 is 1.06 bits per heavy atom. The second-order valence-electron chi connectivity index (χ2n) is 8.43. The van der Waals surface area contributed by atoms with Crippen LogP contribution in [0.1, 0.15) is 34.7 Å². The Labute approximate surface area is 223 Å². The van der Waals surface area contributed by atoms with Gasteiger partial charge < -0.3 is 19.5 Å². The van der Waals surface area contributed by atoms with Crippen LogP contribution in [0.5, 0.6) is 5.75 Å². The number of rotatable bonds is 5. The van der Waals surface area contributed by atoms with Crippen molar-refractivity contribution in [3.8, 4) is 11.4 Å². The fourth-order valence-electron chi connectivity index (χ4n) is 4.84. The molecule has 2 unspecified atom stereocenters. The van der Waals surface area contributed by atoms with E-state index in [4.69, 9.17) is 28.6 Å². The summed E-state index contributed by atoms with van der Waals surface area (Å²) in [4.78, 5) is 6.80. The lowest BCUT2D eigenvalue weighted by atomic mass is 9.96. The molecule has 2 atom stereocenters. The number of hydrogen-bond donors (Lipinski definition) is 1. The van der Waals surface area contributed by atoms with Crippen molar-refractivity contribution in [1.29, 1.82) is 0 Å². The number of pyridine rings is 1. The van der Waals surface area contributed by atoms with Gasteiger partial charge in [0.05, 0.1) is 35.6 Å². The van der Waals surface area contributed by atoms with E-state index in [-0.39, 0.29) is 12.1 Å². The van der Waals surface area contributed by atoms with E-state index in [1.54, 1.807) is 7.11 Å². The molecule has 0 saturated carbocycles. The van der Waals surface area contributed by atoms with Gasteiger partial charge >= 0.3 is 0 Å². The fraction of sp³-hybridized carbons (Fsp3) is 0.185. The summed E-state index contributed by atoms with van der Waals surface area (Å²) in [6.07, 6.45) is 1.81. The Morgan fingerprint density at radius 2 is 1.83 bits per heavy atom. The van der Waals surface area contributed by atoms with Gasteiger partial charge in [0, 0.05) is 27.7 Å². The molecule has 2 aromatic carbocycles. The van der Waals surface area contributed by atoms with Gasteiger partial charge in [0.15, 0.2) is 5.11 Å². The minimum Gasteiger partial charge on any atom is -0.495 e. The van der Waals surface area contributed by atoms with E-state index in [1.165, 1.54) is 0 Å². The van der Waals surface area contributed by atoms with Crippen LogP contribution in [0, 0.1) is 13.8 Å². The van der Waals surface area contributed by atoms with Crippen molar-refractivity contribution in [2.24, 2.45) is 0 Å². The normalized spacial score (nSPS) is 17.5. The van der Waals surface area contributed by atoms with E-state index in [9.17, 15) is 0 Å². The van der Waals surface area contributed by atoms with Crippen LogP contribution in [-0.4, -0.2) is 21.8 Å². The largest absolute Gasteiger partial charge is 0.495 e. The quantitative estimate of drug-likeness (QED) is 0.261. The summed E-state index contributed by atoms with van der Waals surface area (Å²) in [5, 5.41) is 4.68. The van der Waals surface area contributed by atoms with E-state index in [0.717, 1.165) is 38.5 Å². The number of aryl methyl sites for hydroxylation is 1. The number of halogens is 2. The highest BCUT2D eigenvalue weighted by Crippen LogP contribution is 2.45. The van der Waals surface area contributed by atoms with Crippen LogP contribution >= 0.6 is 39.7 Å². The Balaban J connectivity index is 1.69. The fourth-order valence-corrected chi connectivity index (χ4v) is 5.90. The van der Waals surface area contributed by atoms with E-state index < -0.39 is 0 Å². The molecule has 1 saturated heterocycles. The molecule has 1 fully saturated rings. The van der Waals surface area contributed by atoms with E-state index in [2.05, 4.69) is 67.7 Å². The maximum absolute atomic E-state index is 6.52. The first-order chi connectivity index (χ1) is 16.9. The predicted molar refractivity (Wildman–Crippen MR) is 149 cm³/mol. The van der Waals surface area contributed by atoms with Gasteiger partial charge in [0.2, 0.25) is 0 Å². The summed E-state index contributed by atoms with van der Waals surface area (Å²) in [5.74, 6) is 0.624. The van der Waals surface area contributed by atoms with Gasteiger partial charge in [-0.1, -0.05) is 29.8 Å². The number of ether oxygens (including phenoxy) is 1. The number of nitrogens with zero attached hydrogens (tertiary/aromatic N) is 3. The highest BCUT2D eigenvalue weighted by Gasteiger charge is 2.42. The van der Waals surface area contributed by atoms with Crippen molar-refractivity contribution in [3.63, 3.8) is 0 Å². The maximum Gasteiger partial charge on any atom is 0.174 e. The monoisotopic (exact) mass is 566 g/mol. The molecule has 2 aromatic heterocycles. The number of benzene rings is 2. The summed E-state index contributed by atoms with van der Waals surface area (Å²) >= 11 is 16.1. The molecule has 0 amide bonds. The molecule has 3 heterocycles. The maximum atomic E-state index is 6.52. The van der Waals surface area contributed by atoms with Crippen LogP contribution in [0.15, 0.2) is 77.4 Å². The number of methoxy groups -OCH3 is 1. The Hall–Kier alpha value is -2.87. The average Bonchev–Trinajstić information content (AvgIpc) is 3.35. The minimum absolute atomic E-state index is 0.135. The zero-order valence-electron chi connectivity index (χ0n) is 19.5. The molecule has 0 bridgehead atoms. The average molecular weight is 568 g/mol. The predicted octanol–water partition coefficient (Wildman–Crippen LogP) is 7.09. The molecule has 1 N–H and O–H groups in total. The van der Waals surface area contributed by atoms with Gasteiger partial charge in [-0.3, -0.25) is 4.98 Å². The van der Waals surface area contributed by atoms with Crippen molar-refractivity contribution >= 4 is 50.5 Å². The second-order valence-corrected chi connectivity index (χ2v) is 10.1. The van der Waals surface area contributed by atoms with Gasteiger partial charge in [0.25, 0.3) is 0 Å². The zero-order chi connectivity index (χ0) is 24.7. The Bertz CT molecular complexity index is 1410. The third-order valence-corrected chi connectivity index (χ3v) is 7.67. The third kappa shape index (κ3) is 4.22. The number of para-hydroxylation sites is 1. The van der Waals surface area contributed by atoms with Crippen molar-refractivity contribution in [2.75, 3.05) is 12.0 Å². The molecule has 178 valence electrons. The van der Waals surface area contributed by atoms with Crippen LogP contribution in [-0.2, 0) is 0 Å². The number of nitrogens with one attached hydrogen (secondary N) is 1. The van der Waals surface area contributed by atoms with Gasteiger partial charge in [0.1, 0.15) is 5.75 Å². The first-order valence-electron chi connectivity index (χ1n) is 11.2. The molecule has 5 rings (SSSR count). The van der Waals surface area contributed by atoms with Gasteiger partial charge in [-0.25, -0.2) is 0 Å². The molecule has 0 spiro atoms. The number of aromatic nitrogens is 2. The molecular formula is C27H24BrClN4OS. The van der Waals surface area contributed by atoms with Crippen molar-refractivity contribution in [2.45, 2.75) is 25.9 Å². The van der Waals surface area contributed by atoms with Gasteiger partial charge in [-0.05, 0) is 96.1 Å². The standard InChI is InChI=1S/C27H24BrClN4OS/c1-16-14-19(17(2)32(16)23-10-5-4-8-20(23)28)26-25(22-9-6-7-13-30-22)31-27(35)33(26)18-11-12-24(34-3)21(29)15-18/h4-15,25-26H,1-3H3,(H,31,35). The molecule has 1 aliphatic heterocycles. The molecule has 4 aromatic rings. The zero-order valence-corrected chi connectivity index (χ0v) is 22.7. The van der Waals surface area contributed by atoms with Gasteiger partial charge in [-0.15, -0.1) is 0 Å². The minimum atomic E-state index is -0.141. The number of thiocarbonyl (C=S) groups is 1. The van der Waals surface area contributed by atoms with E-state index in [0.29, 0.717) is 15.9 Å². The van der Waals surface area contributed by atoms with Crippen LogP contribution in [0.3, 0.4) is 0 Å². The summed E-state index contributed by atoms with van der Waals surface area (Å²) in [6.45, 7) is 4.28. The second kappa shape index (κ2) is 9.64. The van der Waals surface area contributed by atoms with E-state index >= 15 is 0 Å². The molecule has 5 nitrogen and oxygen atoms in total. The highest BCUT2D eigenvalue weighted by atomic mass is 79.9. The lowest BCUT2D eigenvalue weighted by molar-refractivity contribution is 0.415. The van der Waals surface area contributed by atoms with Gasteiger partial charge in [-0.2, -0.15) is 0 Å². The third-order valence-electron chi connectivity index (χ3n) is 6.39. The Kier molecular flexibility index (Phi) is 6.57. The summed E-state index contributed by atoms with van der Waals surface area (Å²) in [5.41, 5.74) is 6.34. The number of hydrogen-bond acceptors (Lipinski definition) is 3. The molecule has 0 aliphatic carbocycles. The smallest absolute Gasteiger partial charge is 0.174 e. The SMILES string of the molecule is COc1ccc(N2C(=S)NC(c3ccccn3)C2c2cc(C)n(-c3ccccc3Br)c2C)cc1Cl. The number of anilines is 1. The van der Waals surface area contributed by atoms with Crippen molar-refractivity contribution in [1.82, 2.24) is 14.9 Å². The lowest BCUT2D eigenvalue weighted by Crippen LogP contribution is -2.29. The summed E-state index contributed by atoms with van der Waals surface area (Å²) in [7, 11) is 1.61. The lowest BCUT2D eigenvalue weighted by Gasteiger charge is -2.28. The van der Waals surface area contributed by atoms with Crippen LogP contribution in [0.2, 0.25) is 5.02 Å². The highest BCUT2D eigenvalue weighted by molar-refractivity contribution is 9.10. The van der Waals surface area contributed by atoms with E-state index in [1.807, 2.05) is 54.7 Å². The molecular weight excluding hydrogens is 544 g/mol. The molecule has 35 heavy (non-hydrogen) atoms. The molecule has 1 aliphatic rings. The first kappa shape index (κ1) is 23.9. The Morgan fingerprint density at radius 3 is 2.51 bits per heavy atom. The van der Waals surface area contributed by atoms with Crippen molar-refractivity contribution < 1.29 is 4.74 Å². The van der Waals surface area contributed by atoms with Crippen LogP contribution < -0.4 is 15.0 Å². The molecule has 0 radical (unpaired) electrons. The van der Waals surface area contributed by atoms with Crippen LogP contribution in [0.25, 0.3) is 5.69 Å². The molecule has 8 heteroatoms. The summed E-state index contributed by atoms with van der Waals surface area (Å²) < 4.78 is 8.68. The topological polar surface area (TPSA) is 42.3 Å². The summed E-state index contributed by atoms with van der Waals surface area (Å²) in [6, 6.07) is 21.9. The first-order valence-corrected chi connectivity index (χ1v) is 12.8.